The minimum Gasteiger partial charge on any atom is -0.357 e. The van der Waals surface area contributed by atoms with Gasteiger partial charge in [0.25, 0.3) is 0 Å². The van der Waals surface area contributed by atoms with Crippen LogP contribution < -0.4 is 5.32 Å². The van der Waals surface area contributed by atoms with Crippen LogP contribution in [-0.2, 0) is 29.2 Å². The van der Waals surface area contributed by atoms with Gasteiger partial charge in [0.1, 0.15) is 0 Å². The maximum Gasteiger partial charge on any atom is 0.193 e. The zero-order valence-electron chi connectivity index (χ0n) is 17.3. The number of guanidine groups is 1. The first kappa shape index (κ1) is 22.0. The molecule has 0 saturated carbocycles. The van der Waals surface area contributed by atoms with E-state index in [1.54, 1.807) is 12.1 Å². The van der Waals surface area contributed by atoms with E-state index in [0.717, 1.165) is 37.5 Å². The average molecular weight is 402 g/mol. The van der Waals surface area contributed by atoms with Crippen LogP contribution in [0.15, 0.2) is 58.4 Å². The number of hydrogen-bond acceptors (Lipinski definition) is 3. The Morgan fingerprint density at radius 3 is 2.07 bits per heavy atom. The highest BCUT2D eigenvalue weighted by molar-refractivity contribution is 7.90. The van der Waals surface area contributed by atoms with Crippen molar-refractivity contribution in [3.05, 3.63) is 65.2 Å². The number of nitrogens with one attached hydrogen (secondary N) is 1. The summed E-state index contributed by atoms with van der Waals surface area (Å²) in [6.07, 6.45) is 3.03. The standard InChI is InChI=1S/C22H31N3O2S/c1-5-18-7-9-20(10-8-18)17-25(3)22(23-6-2)24-16-15-19-11-13-21(14-12-19)28(4,26)27/h7-14H,5-6,15-17H2,1-4H3,(H,23,24). The summed E-state index contributed by atoms with van der Waals surface area (Å²) < 4.78 is 23.1. The van der Waals surface area contributed by atoms with E-state index in [1.807, 2.05) is 19.2 Å². The Morgan fingerprint density at radius 1 is 0.964 bits per heavy atom. The van der Waals surface area contributed by atoms with Gasteiger partial charge in [0.15, 0.2) is 15.8 Å². The molecule has 0 amide bonds. The third-order valence-corrected chi connectivity index (χ3v) is 5.69. The lowest BCUT2D eigenvalue weighted by Crippen LogP contribution is -2.38. The van der Waals surface area contributed by atoms with Crippen molar-refractivity contribution in [1.29, 1.82) is 0 Å². The zero-order chi connectivity index (χ0) is 20.6. The molecule has 2 aromatic rings. The van der Waals surface area contributed by atoms with Crippen molar-refractivity contribution in [2.75, 3.05) is 26.4 Å². The fourth-order valence-electron chi connectivity index (χ4n) is 2.89. The topological polar surface area (TPSA) is 61.8 Å². The number of hydrogen-bond donors (Lipinski definition) is 1. The summed E-state index contributed by atoms with van der Waals surface area (Å²) in [6.45, 7) is 6.45. The molecule has 0 aliphatic heterocycles. The van der Waals surface area contributed by atoms with Crippen LogP contribution in [0.2, 0.25) is 0 Å². The predicted molar refractivity (Wildman–Crippen MR) is 117 cm³/mol. The third kappa shape index (κ3) is 6.68. The highest BCUT2D eigenvalue weighted by Crippen LogP contribution is 2.11. The first-order chi connectivity index (χ1) is 13.3. The normalized spacial score (nSPS) is 12.1. The largest absolute Gasteiger partial charge is 0.357 e. The number of aliphatic imine (C=N–C) groups is 1. The van der Waals surface area contributed by atoms with E-state index >= 15 is 0 Å². The molecule has 0 fully saturated rings. The Balaban J connectivity index is 1.98. The summed E-state index contributed by atoms with van der Waals surface area (Å²) in [5, 5.41) is 3.34. The van der Waals surface area contributed by atoms with E-state index in [-0.39, 0.29) is 0 Å². The Hall–Kier alpha value is -2.34. The molecule has 0 bridgehead atoms. The van der Waals surface area contributed by atoms with Crippen molar-refractivity contribution in [2.45, 2.75) is 38.1 Å². The molecule has 0 atom stereocenters. The van der Waals surface area contributed by atoms with E-state index in [0.29, 0.717) is 11.4 Å². The summed E-state index contributed by atoms with van der Waals surface area (Å²) in [5.74, 6) is 0.870. The maximum absolute atomic E-state index is 11.5. The third-order valence-electron chi connectivity index (χ3n) is 4.56. The molecular formula is C22H31N3O2S. The first-order valence-electron chi connectivity index (χ1n) is 9.69. The fraction of sp³-hybridized carbons (Fsp3) is 0.409. The lowest BCUT2D eigenvalue weighted by molar-refractivity contribution is 0.477. The van der Waals surface area contributed by atoms with E-state index in [2.05, 4.69) is 48.3 Å². The molecule has 6 heteroatoms. The number of aryl methyl sites for hydroxylation is 1. The zero-order valence-corrected chi connectivity index (χ0v) is 18.1. The first-order valence-corrected chi connectivity index (χ1v) is 11.6. The molecule has 2 aromatic carbocycles. The molecular weight excluding hydrogens is 370 g/mol. The van der Waals surface area contributed by atoms with Gasteiger partial charge in [0.05, 0.1) is 4.90 Å². The highest BCUT2D eigenvalue weighted by Gasteiger charge is 2.08. The molecule has 152 valence electrons. The van der Waals surface area contributed by atoms with Crippen LogP contribution in [0, 0.1) is 0 Å². The van der Waals surface area contributed by atoms with Crippen LogP contribution >= 0.6 is 0 Å². The number of rotatable bonds is 8. The fourth-order valence-corrected chi connectivity index (χ4v) is 3.52. The van der Waals surface area contributed by atoms with Crippen LogP contribution in [0.1, 0.15) is 30.5 Å². The lowest BCUT2D eigenvalue weighted by Gasteiger charge is -2.22. The van der Waals surface area contributed by atoms with Crippen LogP contribution in [0.25, 0.3) is 0 Å². The predicted octanol–water partition coefficient (Wildman–Crippen LogP) is 3.29. The van der Waals surface area contributed by atoms with Gasteiger partial charge in [-0.15, -0.1) is 0 Å². The molecule has 0 spiro atoms. The van der Waals surface area contributed by atoms with Crippen LogP contribution in [0.3, 0.4) is 0 Å². The minimum absolute atomic E-state index is 0.349. The van der Waals surface area contributed by atoms with Gasteiger partial charge in [-0.1, -0.05) is 43.3 Å². The van der Waals surface area contributed by atoms with Gasteiger partial charge in [0, 0.05) is 32.9 Å². The smallest absolute Gasteiger partial charge is 0.193 e. The van der Waals surface area contributed by atoms with Gasteiger partial charge < -0.3 is 10.2 Å². The molecule has 0 aromatic heterocycles. The van der Waals surface area contributed by atoms with Crippen molar-refractivity contribution in [3.63, 3.8) is 0 Å². The summed E-state index contributed by atoms with van der Waals surface area (Å²) in [5.41, 5.74) is 3.67. The number of benzene rings is 2. The van der Waals surface area contributed by atoms with E-state index in [9.17, 15) is 8.42 Å². The molecule has 0 radical (unpaired) electrons. The maximum atomic E-state index is 11.5. The van der Waals surface area contributed by atoms with Crippen molar-refractivity contribution in [1.82, 2.24) is 10.2 Å². The SMILES string of the molecule is CCNC(=NCCc1ccc(S(C)(=O)=O)cc1)N(C)Cc1ccc(CC)cc1. The molecule has 0 aliphatic rings. The van der Waals surface area contributed by atoms with E-state index in [4.69, 9.17) is 4.99 Å². The monoisotopic (exact) mass is 401 g/mol. The molecule has 0 aliphatic carbocycles. The minimum atomic E-state index is -3.15. The average Bonchev–Trinajstić information content (AvgIpc) is 2.67. The second-order valence-corrected chi connectivity index (χ2v) is 8.94. The molecule has 0 heterocycles. The van der Waals surface area contributed by atoms with Crippen LogP contribution in [-0.4, -0.2) is 45.7 Å². The van der Waals surface area contributed by atoms with E-state index < -0.39 is 9.84 Å². The van der Waals surface area contributed by atoms with E-state index in [1.165, 1.54) is 17.4 Å². The van der Waals surface area contributed by atoms with Gasteiger partial charge in [-0.2, -0.15) is 0 Å². The molecule has 0 unspecified atom stereocenters. The Bertz CT molecular complexity index is 873. The lowest BCUT2D eigenvalue weighted by atomic mass is 10.1. The number of nitrogens with zero attached hydrogens (tertiary/aromatic N) is 2. The Morgan fingerprint density at radius 2 is 1.54 bits per heavy atom. The van der Waals surface area contributed by atoms with Crippen LogP contribution in [0.5, 0.6) is 0 Å². The van der Waals surface area contributed by atoms with Crippen molar-refractivity contribution >= 4 is 15.8 Å². The highest BCUT2D eigenvalue weighted by atomic mass is 32.2. The number of sulfone groups is 1. The molecule has 2 rings (SSSR count). The van der Waals surface area contributed by atoms with Gasteiger partial charge in [-0.05, 0) is 48.6 Å². The Kier molecular flexibility index (Phi) is 8.05. The summed E-state index contributed by atoms with van der Waals surface area (Å²) in [7, 11) is -1.11. The van der Waals surface area contributed by atoms with Gasteiger partial charge in [0.2, 0.25) is 0 Å². The van der Waals surface area contributed by atoms with Crippen LogP contribution in [0.4, 0.5) is 0 Å². The van der Waals surface area contributed by atoms with Crippen molar-refractivity contribution in [3.8, 4) is 0 Å². The second kappa shape index (κ2) is 10.3. The summed E-state index contributed by atoms with van der Waals surface area (Å²) >= 11 is 0. The molecule has 0 saturated heterocycles. The Labute approximate surface area is 169 Å². The van der Waals surface area contributed by atoms with Gasteiger partial charge in [-0.3, -0.25) is 4.99 Å². The second-order valence-electron chi connectivity index (χ2n) is 6.93. The summed E-state index contributed by atoms with van der Waals surface area (Å²) in [6, 6.07) is 15.7. The van der Waals surface area contributed by atoms with Crippen molar-refractivity contribution in [2.24, 2.45) is 4.99 Å². The van der Waals surface area contributed by atoms with Gasteiger partial charge in [-0.25, -0.2) is 8.42 Å². The van der Waals surface area contributed by atoms with Gasteiger partial charge >= 0.3 is 0 Å². The quantitative estimate of drug-likeness (QED) is 0.545. The molecule has 28 heavy (non-hydrogen) atoms. The summed E-state index contributed by atoms with van der Waals surface area (Å²) in [4.78, 5) is 7.19. The molecule has 5 nitrogen and oxygen atoms in total. The van der Waals surface area contributed by atoms with Crippen molar-refractivity contribution < 1.29 is 8.42 Å². The molecule has 1 N–H and O–H groups in total.